The zero-order valence-electron chi connectivity index (χ0n) is 16.2. The number of ether oxygens (including phenoxy) is 1. The van der Waals surface area contributed by atoms with Crippen LogP contribution in [0, 0.1) is 12.8 Å². The molecule has 3 rings (SSSR count). The van der Waals surface area contributed by atoms with Crippen LogP contribution in [0.3, 0.4) is 0 Å². The summed E-state index contributed by atoms with van der Waals surface area (Å²) in [7, 11) is 1.55. The molecule has 0 aliphatic carbocycles. The third-order valence-electron chi connectivity index (χ3n) is 5.08. The molecule has 1 saturated heterocycles. The lowest BCUT2D eigenvalue weighted by Gasteiger charge is -2.32. The second kappa shape index (κ2) is 9.43. The number of thiophene rings is 1. The molecule has 1 unspecified atom stereocenters. The molecule has 2 amide bonds. The Hall–Kier alpha value is -2.05. The lowest BCUT2D eigenvalue weighted by molar-refractivity contribution is -0.116. The number of nitrogens with one attached hydrogen (secondary N) is 1. The van der Waals surface area contributed by atoms with E-state index in [0.29, 0.717) is 28.8 Å². The summed E-state index contributed by atoms with van der Waals surface area (Å²) in [5, 5.41) is 5.30. The minimum Gasteiger partial charge on any atom is -0.495 e. The Morgan fingerprint density at radius 3 is 2.86 bits per heavy atom. The Labute approximate surface area is 174 Å². The fourth-order valence-corrected chi connectivity index (χ4v) is 4.67. The van der Waals surface area contributed by atoms with Crippen LogP contribution in [0.2, 0.25) is 5.02 Å². The topological polar surface area (TPSA) is 58.6 Å². The van der Waals surface area contributed by atoms with Gasteiger partial charge in [0.25, 0.3) is 5.91 Å². The number of anilines is 1. The molecule has 7 heteroatoms. The van der Waals surface area contributed by atoms with Gasteiger partial charge in [-0.1, -0.05) is 11.6 Å². The molecule has 2 aromatic rings. The van der Waals surface area contributed by atoms with Crippen LogP contribution in [0.1, 0.15) is 40.9 Å². The third-order valence-corrected chi connectivity index (χ3v) is 6.38. The lowest BCUT2D eigenvalue weighted by Crippen LogP contribution is -2.40. The van der Waals surface area contributed by atoms with E-state index in [-0.39, 0.29) is 11.8 Å². The molecule has 5 nitrogen and oxygen atoms in total. The molecule has 1 aliphatic heterocycles. The minimum absolute atomic E-state index is 0.0428. The predicted octanol–water partition coefficient (Wildman–Crippen LogP) is 4.99. The average Bonchev–Trinajstić information content (AvgIpc) is 3.12. The van der Waals surface area contributed by atoms with Crippen LogP contribution in [0.15, 0.2) is 29.6 Å². The molecule has 28 heavy (non-hydrogen) atoms. The van der Waals surface area contributed by atoms with Crippen molar-refractivity contribution < 1.29 is 14.3 Å². The van der Waals surface area contributed by atoms with Crippen LogP contribution in [0.5, 0.6) is 5.75 Å². The summed E-state index contributed by atoms with van der Waals surface area (Å²) in [5.41, 5.74) is 1.69. The van der Waals surface area contributed by atoms with Gasteiger partial charge in [-0.3, -0.25) is 9.59 Å². The fourth-order valence-electron chi connectivity index (χ4n) is 3.52. The molecule has 0 radical (unpaired) electrons. The van der Waals surface area contributed by atoms with E-state index in [2.05, 4.69) is 5.32 Å². The van der Waals surface area contributed by atoms with Crippen molar-refractivity contribution in [1.29, 1.82) is 0 Å². The smallest absolute Gasteiger partial charge is 0.264 e. The fraction of sp³-hybridized carbons (Fsp3) is 0.429. The summed E-state index contributed by atoms with van der Waals surface area (Å²) in [5.74, 6) is 1.00. The normalized spacial score (nSPS) is 16.7. The molecule has 0 bridgehead atoms. The van der Waals surface area contributed by atoms with Crippen molar-refractivity contribution in [2.45, 2.75) is 32.6 Å². The van der Waals surface area contributed by atoms with Gasteiger partial charge in [-0.05, 0) is 67.3 Å². The number of carbonyl (C=O) groups is 2. The average molecular weight is 421 g/mol. The summed E-state index contributed by atoms with van der Waals surface area (Å²) < 4.78 is 5.12. The van der Waals surface area contributed by atoms with Gasteiger partial charge in [0.15, 0.2) is 0 Å². The summed E-state index contributed by atoms with van der Waals surface area (Å²) in [6, 6.07) is 7.17. The van der Waals surface area contributed by atoms with E-state index in [0.717, 1.165) is 42.8 Å². The summed E-state index contributed by atoms with van der Waals surface area (Å²) >= 11 is 7.60. The largest absolute Gasteiger partial charge is 0.495 e. The molecule has 1 aromatic heterocycles. The Kier molecular flexibility index (Phi) is 6.97. The van der Waals surface area contributed by atoms with Crippen LogP contribution >= 0.6 is 22.9 Å². The first kappa shape index (κ1) is 20.7. The van der Waals surface area contributed by atoms with E-state index in [4.69, 9.17) is 16.3 Å². The van der Waals surface area contributed by atoms with Crippen molar-refractivity contribution in [3.8, 4) is 5.75 Å². The molecule has 1 N–H and O–H groups in total. The number of nitrogens with zero attached hydrogens (tertiary/aromatic N) is 1. The van der Waals surface area contributed by atoms with Crippen LogP contribution in [0.4, 0.5) is 5.69 Å². The molecular formula is C21H25ClN2O3S. The quantitative estimate of drug-likeness (QED) is 0.716. The number of hydrogen-bond acceptors (Lipinski definition) is 4. The molecular weight excluding hydrogens is 396 g/mol. The first-order chi connectivity index (χ1) is 13.5. The van der Waals surface area contributed by atoms with E-state index in [1.165, 1.54) is 11.3 Å². The number of rotatable bonds is 6. The SMILES string of the molecule is COc1ccc(NC(=O)CCC2CCCN(C(=O)c3sccc3C)C2)cc1Cl. The van der Waals surface area contributed by atoms with E-state index in [9.17, 15) is 9.59 Å². The van der Waals surface area contributed by atoms with Gasteiger partial charge in [0, 0.05) is 25.2 Å². The van der Waals surface area contributed by atoms with Gasteiger partial charge < -0.3 is 15.0 Å². The number of halogens is 1. The highest BCUT2D eigenvalue weighted by atomic mass is 35.5. The molecule has 1 aliphatic rings. The first-order valence-electron chi connectivity index (χ1n) is 9.44. The Morgan fingerprint density at radius 2 is 2.18 bits per heavy atom. The third kappa shape index (κ3) is 5.06. The lowest BCUT2D eigenvalue weighted by atomic mass is 9.93. The van der Waals surface area contributed by atoms with Gasteiger partial charge in [0.05, 0.1) is 17.0 Å². The number of hydrogen-bond donors (Lipinski definition) is 1. The van der Waals surface area contributed by atoms with Crippen LogP contribution in [-0.2, 0) is 4.79 Å². The highest BCUT2D eigenvalue weighted by molar-refractivity contribution is 7.12. The van der Waals surface area contributed by atoms with Gasteiger partial charge >= 0.3 is 0 Å². The van der Waals surface area contributed by atoms with Gasteiger partial charge in [0.1, 0.15) is 5.75 Å². The highest BCUT2D eigenvalue weighted by Crippen LogP contribution is 2.28. The van der Waals surface area contributed by atoms with Crippen molar-refractivity contribution in [3.05, 3.63) is 45.1 Å². The van der Waals surface area contributed by atoms with E-state index >= 15 is 0 Å². The van der Waals surface area contributed by atoms with Gasteiger partial charge in [-0.2, -0.15) is 0 Å². The number of aryl methyl sites for hydroxylation is 1. The number of amides is 2. The monoisotopic (exact) mass is 420 g/mol. The van der Waals surface area contributed by atoms with Crippen molar-refractivity contribution in [1.82, 2.24) is 4.90 Å². The van der Waals surface area contributed by atoms with E-state index < -0.39 is 0 Å². The highest BCUT2D eigenvalue weighted by Gasteiger charge is 2.26. The Balaban J connectivity index is 1.50. The van der Waals surface area contributed by atoms with Gasteiger partial charge in [-0.25, -0.2) is 0 Å². The Bertz CT molecular complexity index is 852. The molecule has 1 atom stereocenters. The standard InChI is InChI=1S/C21H25ClN2O3S/c1-14-9-11-28-20(14)21(26)24-10-3-4-15(13-24)5-8-19(25)23-16-6-7-18(27-2)17(22)12-16/h6-7,9,11-12,15H,3-5,8,10,13H2,1-2H3,(H,23,25). The maximum atomic E-state index is 12.7. The number of benzene rings is 1. The maximum absolute atomic E-state index is 12.7. The summed E-state index contributed by atoms with van der Waals surface area (Å²) in [4.78, 5) is 27.8. The zero-order chi connectivity index (χ0) is 20.1. The summed E-state index contributed by atoms with van der Waals surface area (Å²) in [6.07, 6.45) is 3.22. The van der Waals surface area contributed by atoms with Crippen molar-refractivity contribution in [2.75, 3.05) is 25.5 Å². The number of likely N-dealkylation sites (tertiary alicyclic amines) is 1. The molecule has 1 fully saturated rings. The Morgan fingerprint density at radius 1 is 1.36 bits per heavy atom. The first-order valence-corrected chi connectivity index (χ1v) is 10.7. The van der Waals surface area contributed by atoms with E-state index in [1.54, 1.807) is 25.3 Å². The van der Waals surface area contributed by atoms with Crippen LogP contribution < -0.4 is 10.1 Å². The van der Waals surface area contributed by atoms with Crippen molar-refractivity contribution in [2.24, 2.45) is 5.92 Å². The van der Waals surface area contributed by atoms with Crippen LogP contribution in [-0.4, -0.2) is 36.9 Å². The van der Waals surface area contributed by atoms with Gasteiger partial charge in [-0.15, -0.1) is 11.3 Å². The molecule has 2 heterocycles. The zero-order valence-corrected chi connectivity index (χ0v) is 17.7. The number of carbonyl (C=O) groups excluding carboxylic acids is 2. The number of methoxy groups -OCH3 is 1. The second-order valence-electron chi connectivity index (χ2n) is 7.13. The van der Waals surface area contributed by atoms with Crippen LogP contribution in [0.25, 0.3) is 0 Å². The maximum Gasteiger partial charge on any atom is 0.264 e. The van der Waals surface area contributed by atoms with Crippen molar-refractivity contribution >= 4 is 40.4 Å². The molecule has 150 valence electrons. The van der Waals surface area contributed by atoms with Gasteiger partial charge in [0.2, 0.25) is 5.91 Å². The minimum atomic E-state index is -0.0428. The molecule has 0 spiro atoms. The second-order valence-corrected chi connectivity index (χ2v) is 8.45. The van der Waals surface area contributed by atoms with E-state index in [1.807, 2.05) is 23.3 Å². The number of piperidine rings is 1. The predicted molar refractivity (Wildman–Crippen MR) is 114 cm³/mol. The molecule has 1 aromatic carbocycles. The summed E-state index contributed by atoms with van der Waals surface area (Å²) in [6.45, 7) is 3.49. The van der Waals surface area contributed by atoms with Crippen molar-refractivity contribution in [3.63, 3.8) is 0 Å². The molecule has 0 saturated carbocycles.